The van der Waals surface area contributed by atoms with E-state index in [0.717, 1.165) is 17.8 Å². The van der Waals surface area contributed by atoms with Crippen molar-refractivity contribution in [2.45, 2.75) is 117 Å². The van der Waals surface area contributed by atoms with Gasteiger partial charge in [-0.05, 0) is 25.0 Å². The predicted octanol–water partition coefficient (Wildman–Crippen LogP) is 8.29. The van der Waals surface area contributed by atoms with Crippen LogP contribution in [0.15, 0.2) is 18.2 Å². The molecule has 1 aromatic carbocycles. The standard InChI is InChI=1S/C25H42N2/c1-3-4-5-6-7-8-9-10-11-12-13-14-15-16-17-21-24-26-23-20-18-19-22(2)25(23)27-24/h18-20H,3-17,21H2,1-2H3,(H,26,27). The molecule has 2 heteroatoms. The molecule has 0 aliphatic heterocycles. The number of fused-ring (bicyclic) bond motifs is 1. The Bertz CT molecular complexity index is 614. The van der Waals surface area contributed by atoms with Gasteiger partial charge in [-0.25, -0.2) is 4.98 Å². The maximum Gasteiger partial charge on any atom is 0.107 e. The van der Waals surface area contributed by atoms with Gasteiger partial charge in [-0.3, -0.25) is 0 Å². The minimum Gasteiger partial charge on any atom is -0.342 e. The number of hydrogen-bond acceptors (Lipinski definition) is 1. The van der Waals surface area contributed by atoms with Crippen molar-refractivity contribution < 1.29 is 0 Å². The number of hydrogen-bond donors (Lipinski definition) is 1. The molecule has 0 amide bonds. The summed E-state index contributed by atoms with van der Waals surface area (Å²) in [4.78, 5) is 8.23. The smallest absolute Gasteiger partial charge is 0.107 e. The number of nitrogens with one attached hydrogen (secondary N) is 1. The molecule has 0 fully saturated rings. The number of para-hydroxylation sites is 1. The molecule has 0 saturated carbocycles. The Morgan fingerprint density at radius 2 is 1.22 bits per heavy atom. The van der Waals surface area contributed by atoms with Gasteiger partial charge in [0.25, 0.3) is 0 Å². The van der Waals surface area contributed by atoms with E-state index in [1.54, 1.807) is 0 Å². The Hall–Kier alpha value is -1.31. The van der Waals surface area contributed by atoms with E-state index in [4.69, 9.17) is 4.98 Å². The third kappa shape index (κ3) is 8.95. The molecule has 0 aliphatic rings. The molecular formula is C25H42N2. The first-order chi connectivity index (χ1) is 13.3. The van der Waals surface area contributed by atoms with Gasteiger partial charge in [-0.15, -0.1) is 0 Å². The molecule has 0 atom stereocenters. The molecule has 2 rings (SSSR count). The van der Waals surface area contributed by atoms with Gasteiger partial charge in [-0.2, -0.15) is 0 Å². The molecule has 0 aliphatic carbocycles. The fourth-order valence-corrected chi connectivity index (χ4v) is 4.01. The lowest BCUT2D eigenvalue weighted by atomic mass is 10.0. The summed E-state index contributed by atoms with van der Waals surface area (Å²) in [6.07, 6.45) is 22.4. The van der Waals surface area contributed by atoms with Crippen LogP contribution in [0, 0.1) is 6.92 Å². The average molecular weight is 371 g/mol. The number of nitrogens with zero attached hydrogens (tertiary/aromatic N) is 1. The van der Waals surface area contributed by atoms with Crippen LogP contribution in [-0.4, -0.2) is 9.97 Å². The number of H-pyrrole nitrogens is 1. The van der Waals surface area contributed by atoms with Gasteiger partial charge < -0.3 is 4.98 Å². The number of aromatic nitrogens is 2. The summed E-state index contributed by atoms with van der Waals surface area (Å²) in [5, 5.41) is 0. The van der Waals surface area contributed by atoms with Crippen molar-refractivity contribution >= 4 is 11.0 Å². The summed E-state index contributed by atoms with van der Waals surface area (Å²) in [6.45, 7) is 4.43. The zero-order valence-corrected chi connectivity index (χ0v) is 18.0. The molecule has 0 bridgehead atoms. The largest absolute Gasteiger partial charge is 0.342 e. The second-order valence-corrected chi connectivity index (χ2v) is 8.35. The monoisotopic (exact) mass is 370 g/mol. The minimum atomic E-state index is 1.09. The summed E-state index contributed by atoms with van der Waals surface area (Å²) in [6, 6.07) is 6.37. The SMILES string of the molecule is CCCCCCCCCCCCCCCCCc1nc2c(C)cccc2[nH]1. The quantitative estimate of drug-likeness (QED) is 0.296. The van der Waals surface area contributed by atoms with Crippen LogP contribution >= 0.6 is 0 Å². The molecule has 2 aromatic rings. The van der Waals surface area contributed by atoms with Gasteiger partial charge in [0.1, 0.15) is 5.82 Å². The minimum absolute atomic E-state index is 1.09. The van der Waals surface area contributed by atoms with Gasteiger partial charge in [0, 0.05) is 6.42 Å². The van der Waals surface area contributed by atoms with E-state index in [-0.39, 0.29) is 0 Å². The second-order valence-electron chi connectivity index (χ2n) is 8.35. The highest BCUT2D eigenvalue weighted by Crippen LogP contribution is 2.17. The van der Waals surface area contributed by atoms with Crippen molar-refractivity contribution in [1.29, 1.82) is 0 Å². The normalized spacial score (nSPS) is 11.5. The number of benzene rings is 1. The van der Waals surface area contributed by atoms with E-state index in [0.29, 0.717) is 0 Å². The molecule has 0 unspecified atom stereocenters. The Labute approximate surface area is 167 Å². The van der Waals surface area contributed by atoms with Crippen LogP contribution in [0.3, 0.4) is 0 Å². The van der Waals surface area contributed by atoms with Crippen LogP contribution < -0.4 is 0 Å². The topological polar surface area (TPSA) is 28.7 Å². The molecular weight excluding hydrogens is 328 g/mol. The number of imidazole rings is 1. The highest BCUT2D eigenvalue weighted by molar-refractivity contribution is 5.78. The van der Waals surface area contributed by atoms with Crippen LogP contribution in [-0.2, 0) is 6.42 Å². The van der Waals surface area contributed by atoms with E-state index in [1.165, 1.54) is 107 Å². The van der Waals surface area contributed by atoms with Crippen LogP contribution in [0.5, 0.6) is 0 Å². The molecule has 1 heterocycles. The zero-order chi connectivity index (χ0) is 19.2. The Morgan fingerprint density at radius 3 is 1.74 bits per heavy atom. The average Bonchev–Trinajstić information content (AvgIpc) is 3.09. The highest BCUT2D eigenvalue weighted by atomic mass is 14.9. The van der Waals surface area contributed by atoms with Gasteiger partial charge in [0.05, 0.1) is 11.0 Å². The predicted molar refractivity (Wildman–Crippen MR) is 119 cm³/mol. The lowest BCUT2D eigenvalue weighted by Crippen LogP contribution is -1.89. The maximum absolute atomic E-state index is 4.76. The van der Waals surface area contributed by atoms with Crippen molar-refractivity contribution in [2.24, 2.45) is 0 Å². The van der Waals surface area contributed by atoms with Crippen LogP contribution in [0.4, 0.5) is 0 Å². The first kappa shape index (κ1) is 22.0. The Kier molecular flexibility index (Phi) is 11.2. The summed E-state index contributed by atoms with van der Waals surface area (Å²) in [5.41, 5.74) is 3.60. The molecule has 0 saturated heterocycles. The molecule has 27 heavy (non-hydrogen) atoms. The summed E-state index contributed by atoms with van der Waals surface area (Å²) < 4.78 is 0. The summed E-state index contributed by atoms with van der Waals surface area (Å²) in [7, 11) is 0. The first-order valence-electron chi connectivity index (χ1n) is 11.8. The van der Waals surface area contributed by atoms with Crippen LogP contribution in [0.25, 0.3) is 11.0 Å². The molecule has 0 spiro atoms. The summed E-state index contributed by atoms with van der Waals surface area (Å²) >= 11 is 0. The maximum atomic E-state index is 4.76. The van der Waals surface area contributed by atoms with Crippen molar-refractivity contribution in [3.05, 3.63) is 29.6 Å². The third-order valence-corrected chi connectivity index (χ3v) is 5.78. The van der Waals surface area contributed by atoms with E-state index >= 15 is 0 Å². The van der Waals surface area contributed by atoms with E-state index in [9.17, 15) is 0 Å². The number of rotatable bonds is 16. The number of unbranched alkanes of at least 4 members (excludes halogenated alkanes) is 14. The number of aryl methyl sites for hydroxylation is 2. The zero-order valence-electron chi connectivity index (χ0n) is 18.0. The van der Waals surface area contributed by atoms with Gasteiger partial charge in [-0.1, -0.05) is 109 Å². The van der Waals surface area contributed by atoms with E-state index < -0.39 is 0 Å². The lowest BCUT2D eigenvalue weighted by molar-refractivity contribution is 0.531. The first-order valence-corrected chi connectivity index (χ1v) is 11.8. The molecule has 152 valence electrons. The van der Waals surface area contributed by atoms with Crippen molar-refractivity contribution in [2.75, 3.05) is 0 Å². The van der Waals surface area contributed by atoms with Gasteiger partial charge in [0.2, 0.25) is 0 Å². The van der Waals surface area contributed by atoms with Crippen molar-refractivity contribution in [1.82, 2.24) is 9.97 Å². The van der Waals surface area contributed by atoms with Crippen molar-refractivity contribution in [3.63, 3.8) is 0 Å². The number of aromatic amines is 1. The molecule has 2 nitrogen and oxygen atoms in total. The second kappa shape index (κ2) is 13.8. The van der Waals surface area contributed by atoms with Crippen LogP contribution in [0.1, 0.15) is 115 Å². The van der Waals surface area contributed by atoms with Crippen molar-refractivity contribution in [3.8, 4) is 0 Å². The Morgan fingerprint density at radius 1 is 0.704 bits per heavy atom. The van der Waals surface area contributed by atoms with E-state index in [1.807, 2.05) is 0 Å². The highest BCUT2D eigenvalue weighted by Gasteiger charge is 2.04. The fraction of sp³-hybridized carbons (Fsp3) is 0.720. The lowest BCUT2D eigenvalue weighted by Gasteiger charge is -2.03. The van der Waals surface area contributed by atoms with Crippen LogP contribution in [0.2, 0.25) is 0 Å². The molecule has 1 aromatic heterocycles. The van der Waals surface area contributed by atoms with Gasteiger partial charge >= 0.3 is 0 Å². The molecule has 1 N–H and O–H groups in total. The van der Waals surface area contributed by atoms with Gasteiger partial charge in [0.15, 0.2) is 0 Å². The summed E-state index contributed by atoms with van der Waals surface area (Å²) in [5.74, 6) is 1.16. The van der Waals surface area contributed by atoms with E-state index in [2.05, 4.69) is 37.0 Å². The third-order valence-electron chi connectivity index (χ3n) is 5.78. The fourth-order valence-electron chi connectivity index (χ4n) is 4.01. The Balaban J connectivity index is 1.38. The molecule has 0 radical (unpaired) electrons.